The molecule has 0 N–H and O–H groups in total. The van der Waals surface area contributed by atoms with E-state index in [9.17, 15) is 0 Å². The molecule has 3 heteroatoms. The Morgan fingerprint density at radius 2 is 1.93 bits per heavy atom. The van der Waals surface area contributed by atoms with Gasteiger partial charge in [0.05, 0.1) is 0 Å². The zero-order valence-corrected chi connectivity index (χ0v) is 9.53. The van der Waals surface area contributed by atoms with Crippen molar-refractivity contribution in [3.8, 4) is 5.75 Å². The molecule has 0 saturated carbocycles. The van der Waals surface area contributed by atoms with Gasteiger partial charge in [-0.25, -0.2) is 0 Å². The Morgan fingerprint density at radius 3 is 2.60 bits per heavy atom. The topological polar surface area (TPSA) is 27.7 Å². The van der Waals surface area contributed by atoms with Crippen LogP contribution in [0.2, 0.25) is 0 Å². The number of rotatable bonds is 6. The number of benzene rings is 1. The number of hydrogen-bond acceptors (Lipinski definition) is 3. The molecular formula is C12H18O3. The fourth-order valence-electron chi connectivity index (χ4n) is 1.19. The summed E-state index contributed by atoms with van der Waals surface area (Å²) in [5.74, 6) is 0.848. The van der Waals surface area contributed by atoms with Crippen LogP contribution in [0.5, 0.6) is 5.75 Å². The third kappa shape index (κ3) is 4.32. The summed E-state index contributed by atoms with van der Waals surface area (Å²) in [5.41, 5.74) is 1.10. The number of para-hydroxylation sites is 1. The molecule has 0 bridgehead atoms. The smallest absolute Gasteiger partial charge is 0.191 e. The highest BCUT2D eigenvalue weighted by Crippen LogP contribution is 2.16. The van der Waals surface area contributed by atoms with Crippen molar-refractivity contribution < 1.29 is 14.2 Å². The van der Waals surface area contributed by atoms with E-state index in [2.05, 4.69) is 0 Å². The molecule has 1 atom stereocenters. The van der Waals surface area contributed by atoms with E-state index in [1.54, 1.807) is 0 Å². The molecule has 0 fully saturated rings. The van der Waals surface area contributed by atoms with E-state index >= 15 is 0 Å². The van der Waals surface area contributed by atoms with Crippen LogP contribution in [0.15, 0.2) is 24.3 Å². The number of hydrogen-bond donors (Lipinski definition) is 0. The molecule has 0 aliphatic rings. The first-order valence-electron chi connectivity index (χ1n) is 5.15. The first-order chi connectivity index (χ1) is 7.24. The molecule has 0 spiro atoms. The Labute approximate surface area is 91.0 Å². The van der Waals surface area contributed by atoms with E-state index < -0.39 is 0 Å². The minimum absolute atomic E-state index is 0.214. The van der Waals surface area contributed by atoms with Crippen LogP contribution in [0.3, 0.4) is 0 Å². The zero-order valence-electron chi connectivity index (χ0n) is 9.53. The van der Waals surface area contributed by atoms with Crippen LogP contribution < -0.4 is 4.74 Å². The Bertz CT molecular complexity index is 286. The van der Waals surface area contributed by atoms with Gasteiger partial charge < -0.3 is 14.2 Å². The lowest BCUT2D eigenvalue weighted by molar-refractivity contribution is -0.161. The van der Waals surface area contributed by atoms with Crippen molar-refractivity contribution >= 4 is 0 Å². The average Bonchev–Trinajstić information content (AvgIpc) is 2.21. The van der Waals surface area contributed by atoms with Gasteiger partial charge in [0.1, 0.15) is 5.75 Å². The monoisotopic (exact) mass is 210 g/mol. The van der Waals surface area contributed by atoms with Crippen molar-refractivity contribution in [3.05, 3.63) is 29.8 Å². The molecule has 1 unspecified atom stereocenters. The van der Waals surface area contributed by atoms with Gasteiger partial charge in [-0.2, -0.15) is 0 Å². The van der Waals surface area contributed by atoms with Gasteiger partial charge >= 0.3 is 0 Å². The third-order valence-electron chi connectivity index (χ3n) is 2.01. The lowest BCUT2D eigenvalue weighted by atomic mass is 10.2. The minimum Gasteiger partial charge on any atom is -0.467 e. The molecule has 0 aliphatic carbocycles. The van der Waals surface area contributed by atoms with Crippen molar-refractivity contribution in [1.29, 1.82) is 0 Å². The van der Waals surface area contributed by atoms with Crippen LogP contribution in [0.25, 0.3) is 0 Å². The third-order valence-corrected chi connectivity index (χ3v) is 2.01. The summed E-state index contributed by atoms with van der Waals surface area (Å²) >= 11 is 0. The molecule has 1 aromatic carbocycles. The predicted octanol–water partition coefficient (Wildman–Crippen LogP) is 2.73. The lowest BCUT2D eigenvalue weighted by Gasteiger charge is -2.14. The van der Waals surface area contributed by atoms with Gasteiger partial charge in [-0.1, -0.05) is 18.2 Å². The van der Waals surface area contributed by atoms with Crippen LogP contribution >= 0.6 is 0 Å². The second kappa shape index (κ2) is 6.43. The lowest BCUT2D eigenvalue weighted by Crippen LogP contribution is -2.16. The normalized spacial score (nSPS) is 12.5. The SMILES string of the molecule is CCOC(C)OCOc1ccccc1C. The van der Waals surface area contributed by atoms with Crippen LogP contribution in [-0.4, -0.2) is 19.7 Å². The maximum atomic E-state index is 5.45. The molecule has 15 heavy (non-hydrogen) atoms. The molecule has 1 rings (SSSR count). The van der Waals surface area contributed by atoms with E-state index in [1.807, 2.05) is 45.0 Å². The van der Waals surface area contributed by atoms with E-state index in [0.29, 0.717) is 6.61 Å². The van der Waals surface area contributed by atoms with Gasteiger partial charge in [-0.15, -0.1) is 0 Å². The zero-order chi connectivity index (χ0) is 11.1. The second-order valence-electron chi connectivity index (χ2n) is 3.22. The highest BCUT2D eigenvalue weighted by Gasteiger charge is 2.01. The largest absolute Gasteiger partial charge is 0.467 e. The van der Waals surface area contributed by atoms with E-state index in [-0.39, 0.29) is 13.1 Å². The highest BCUT2D eigenvalue weighted by atomic mass is 16.7. The van der Waals surface area contributed by atoms with Gasteiger partial charge in [-0.05, 0) is 32.4 Å². The molecule has 84 valence electrons. The standard InChI is InChI=1S/C12H18O3/c1-4-13-11(3)14-9-15-12-8-6-5-7-10(12)2/h5-8,11H,4,9H2,1-3H3. The summed E-state index contributed by atoms with van der Waals surface area (Å²) in [4.78, 5) is 0. The van der Waals surface area contributed by atoms with Crippen molar-refractivity contribution in [2.75, 3.05) is 13.4 Å². The first kappa shape index (κ1) is 12.0. The second-order valence-corrected chi connectivity index (χ2v) is 3.22. The fraction of sp³-hybridized carbons (Fsp3) is 0.500. The molecule has 0 aromatic heterocycles. The number of aryl methyl sites for hydroxylation is 1. The average molecular weight is 210 g/mol. The van der Waals surface area contributed by atoms with Crippen molar-refractivity contribution in [2.45, 2.75) is 27.1 Å². The van der Waals surface area contributed by atoms with Crippen molar-refractivity contribution in [2.24, 2.45) is 0 Å². The maximum Gasteiger partial charge on any atom is 0.191 e. The Balaban J connectivity index is 2.29. The summed E-state index contributed by atoms with van der Waals surface area (Å²) in [5, 5.41) is 0. The first-order valence-corrected chi connectivity index (χ1v) is 5.15. The van der Waals surface area contributed by atoms with Crippen molar-refractivity contribution in [1.82, 2.24) is 0 Å². The molecule has 0 heterocycles. The summed E-state index contributed by atoms with van der Waals surface area (Å²) in [6.07, 6.45) is -0.223. The fourth-order valence-corrected chi connectivity index (χ4v) is 1.19. The molecule has 1 aromatic rings. The Morgan fingerprint density at radius 1 is 1.20 bits per heavy atom. The van der Waals surface area contributed by atoms with Gasteiger partial charge in [0.15, 0.2) is 13.1 Å². The molecule has 0 aliphatic heterocycles. The Kier molecular flexibility index (Phi) is 5.15. The van der Waals surface area contributed by atoms with E-state index in [0.717, 1.165) is 11.3 Å². The minimum atomic E-state index is -0.223. The quantitative estimate of drug-likeness (QED) is 0.676. The van der Waals surface area contributed by atoms with Crippen LogP contribution in [0, 0.1) is 6.92 Å². The van der Waals surface area contributed by atoms with Crippen LogP contribution in [0.4, 0.5) is 0 Å². The molecular weight excluding hydrogens is 192 g/mol. The summed E-state index contributed by atoms with van der Waals surface area (Å²) in [6.45, 7) is 6.64. The van der Waals surface area contributed by atoms with E-state index in [1.165, 1.54) is 0 Å². The van der Waals surface area contributed by atoms with Gasteiger partial charge in [0.25, 0.3) is 0 Å². The summed E-state index contributed by atoms with van der Waals surface area (Å²) in [7, 11) is 0. The van der Waals surface area contributed by atoms with Gasteiger partial charge in [-0.3, -0.25) is 0 Å². The van der Waals surface area contributed by atoms with Crippen LogP contribution in [0.1, 0.15) is 19.4 Å². The summed E-state index contributed by atoms with van der Waals surface area (Å²) in [6, 6.07) is 7.84. The molecule has 0 saturated heterocycles. The number of ether oxygens (including phenoxy) is 3. The van der Waals surface area contributed by atoms with Gasteiger partial charge in [0, 0.05) is 6.61 Å². The highest BCUT2D eigenvalue weighted by molar-refractivity contribution is 5.31. The summed E-state index contributed by atoms with van der Waals surface area (Å²) < 4.78 is 16.0. The van der Waals surface area contributed by atoms with Gasteiger partial charge in [0.2, 0.25) is 0 Å². The molecule has 0 radical (unpaired) electrons. The molecule has 3 nitrogen and oxygen atoms in total. The van der Waals surface area contributed by atoms with Crippen molar-refractivity contribution in [3.63, 3.8) is 0 Å². The maximum absolute atomic E-state index is 5.45. The Hall–Kier alpha value is -1.06. The van der Waals surface area contributed by atoms with E-state index in [4.69, 9.17) is 14.2 Å². The van der Waals surface area contributed by atoms with Crippen LogP contribution in [-0.2, 0) is 9.47 Å². The molecule has 0 amide bonds. The predicted molar refractivity (Wildman–Crippen MR) is 58.8 cm³/mol.